The summed E-state index contributed by atoms with van der Waals surface area (Å²) in [6.45, 7) is 4.56. The summed E-state index contributed by atoms with van der Waals surface area (Å²) in [6, 6.07) is 12.1. The summed E-state index contributed by atoms with van der Waals surface area (Å²) in [5.74, 6) is 0. The summed E-state index contributed by atoms with van der Waals surface area (Å²) in [4.78, 5) is 5.09. The smallest absolute Gasteiger partial charge is 0.0558 e. The molecule has 3 heteroatoms. The van der Waals surface area contributed by atoms with E-state index >= 15 is 0 Å². The van der Waals surface area contributed by atoms with Crippen molar-refractivity contribution in [3.63, 3.8) is 0 Å². The van der Waals surface area contributed by atoms with E-state index in [0.29, 0.717) is 12.6 Å². The van der Waals surface area contributed by atoms with E-state index < -0.39 is 0 Å². The highest BCUT2D eigenvalue weighted by atomic mass is 16.3. The Bertz CT molecular complexity index is 391. The molecule has 1 heterocycles. The van der Waals surface area contributed by atoms with Crippen LogP contribution >= 0.6 is 0 Å². The predicted octanol–water partition coefficient (Wildman–Crippen LogP) is 1.72. The van der Waals surface area contributed by atoms with E-state index in [9.17, 15) is 5.11 Å². The zero-order valence-electron chi connectivity index (χ0n) is 11.5. The Balaban J connectivity index is 1.54. The molecule has 2 fully saturated rings. The number of aliphatic hydroxyl groups excluding tert-OH is 1. The number of aliphatic hydroxyl groups is 1. The van der Waals surface area contributed by atoms with Gasteiger partial charge in [0.1, 0.15) is 0 Å². The molecule has 1 aliphatic heterocycles. The highest BCUT2D eigenvalue weighted by molar-refractivity contribution is 5.14. The summed E-state index contributed by atoms with van der Waals surface area (Å²) in [5.41, 5.74) is 1.41. The molecule has 1 saturated carbocycles. The lowest BCUT2D eigenvalue weighted by molar-refractivity contribution is 0.141. The first-order chi connectivity index (χ1) is 9.36. The zero-order valence-corrected chi connectivity index (χ0v) is 11.5. The van der Waals surface area contributed by atoms with Crippen LogP contribution < -0.4 is 0 Å². The van der Waals surface area contributed by atoms with Crippen molar-refractivity contribution in [1.82, 2.24) is 9.80 Å². The van der Waals surface area contributed by atoms with Gasteiger partial charge in [-0.25, -0.2) is 0 Å². The van der Waals surface area contributed by atoms with Crippen molar-refractivity contribution in [3.05, 3.63) is 35.9 Å². The lowest BCUT2D eigenvalue weighted by atomic mass is 10.2. The van der Waals surface area contributed by atoms with Gasteiger partial charge >= 0.3 is 0 Å². The van der Waals surface area contributed by atoms with Crippen LogP contribution in [0.15, 0.2) is 30.3 Å². The molecule has 1 aliphatic carbocycles. The van der Waals surface area contributed by atoms with Gasteiger partial charge in [0.2, 0.25) is 0 Å². The minimum absolute atomic E-state index is 0.297. The standard InChI is InChI=1S/C16H24N2O/c19-11-10-18(15-6-7-15)16-8-9-17(13-16)12-14-4-2-1-3-5-14/h1-5,15-16,19H,6-13H2/t16-/m0/s1. The molecule has 1 saturated heterocycles. The number of likely N-dealkylation sites (tertiary alicyclic amines) is 1. The quantitative estimate of drug-likeness (QED) is 0.843. The van der Waals surface area contributed by atoms with Gasteiger partial charge in [0.25, 0.3) is 0 Å². The Morgan fingerprint density at radius 1 is 1.11 bits per heavy atom. The van der Waals surface area contributed by atoms with Gasteiger partial charge in [-0.3, -0.25) is 9.80 Å². The first-order valence-electron chi connectivity index (χ1n) is 7.49. The van der Waals surface area contributed by atoms with Gasteiger partial charge in [-0.15, -0.1) is 0 Å². The van der Waals surface area contributed by atoms with Crippen LogP contribution in [0.3, 0.4) is 0 Å². The second-order valence-electron chi connectivity index (χ2n) is 5.86. The van der Waals surface area contributed by atoms with E-state index in [1.165, 1.54) is 31.4 Å². The Labute approximate surface area is 115 Å². The fourth-order valence-corrected chi connectivity index (χ4v) is 3.25. The van der Waals surface area contributed by atoms with Gasteiger partial charge in [-0.05, 0) is 24.8 Å². The van der Waals surface area contributed by atoms with Crippen LogP contribution in [0, 0.1) is 0 Å². The Morgan fingerprint density at radius 3 is 2.58 bits per heavy atom. The second kappa shape index (κ2) is 6.04. The second-order valence-corrected chi connectivity index (χ2v) is 5.86. The van der Waals surface area contributed by atoms with Gasteiger partial charge in [-0.1, -0.05) is 30.3 Å². The van der Waals surface area contributed by atoms with Crippen molar-refractivity contribution < 1.29 is 5.11 Å². The van der Waals surface area contributed by atoms with E-state index in [2.05, 4.69) is 40.1 Å². The third-order valence-corrected chi connectivity index (χ3v) is 4.34. The average molecular weight is 260 g/mol. The Kier molecular flexibility index (Phi) is 4.16. The lowest BCUT2D eigenvalue weighted by Gasteiger charge is -2.28. The highest BCUT2D eigenvalue weighted by Gasteiger charge is 2.36. The van der Waals surface area contributed by atoms with E-state index in [-0.39, 0.29) is 0 Å². The summed E-state index contributed by atoms with van der Waals surface area (Å²) in [7, 11) is 0. The topological polar surface area (TPSA) is 26.7 Å². The van der Waals surface area contributed by atoms with Crippen LogP contribution in [0.5, 0.6) is 0 Å². The Morgan fingerprint density at radius 2 is 1.89 bits per heavy atom. The maximum atomic E-state index is 9.22. The summed E-state index contributed by atoms with van der Waals surface area (Å²) in [6.07, 6.45) is 3.91. The van der Waals surface area contributed by atoms with Crippen LogP contribution in [0.25, 0.3) is 0 Å². The third-order valence-electron chi connectivity index (χ3n) is 4.34. The van der Waals surface area contributed by atoms with Crippen molar-refractivity contribution in [1.29, 1.82) is 0 Å². The maximum absolute atomic E-state index is 9.22. The molecule has 1 aromatic carbocycles. The molecule has 104 valence electrons. The molecule has 0 bridgehead atoms. The van der Waals surface area contributed by atoms with Gasteiger partial charge in [-0.2, -0.15) is 0 Å². The third kappa shape index (κ3) is 3.35. The van der Waals surface area contributed by atoms with Gasteiger partial charge in [0.15, 0.2) is 0 Å². The molecular weight excluding hydrogens is 236 g/mol. The first-order valence-corrected chi connectivity index (χ1v) is 7.49. The summed E-state index contributed by atoms with van der Waals surface area (Å²) >= 11 is 0. The lowest BCUT2D eigenvalue weighted by Crippen LogP contribution is -2.40. The van der Waals surface area contributed by atoms with Crippen molar-refractivity contribution in [3.8, 4) is 0 Å². The first kappa shape index (κ1) is 13.1. The van der Waals surface area contributed by atoms with Gasteiger partial charge in [0.05, 0.1) is 6.61 Å². The molecule has 1 atom stereocenters. The number of rotatable bonds is 6. The van der Waals surface area contributed by atoms with Crippen LogP contribution in [0.2, 0.25) is 0 Å². The number of hydrogen-bond donors (Lipinski definition) is 1. The number of hydrogen-bond acceptors (Lipinski definition) is 3. The molecule has 1 N–H and O–H groups in total. The summed E-state index contributed by atoms with van der Waals surface area (Å²) in [5, 5.41) is 9.22. The van der Waals surface area contributed by atoms with Crippen LogP contribution in [-0.4, -0.2) is 53.2 Å². The molecule has 1 aromatic rings. The monoisotopic (exact) mass is 260 g/mol. The molecule has 0 aromatic heterocycles. The molecule has 2 aliphatic rings. The molecule has 0 amide bonds. The fraction of sp³-hybridized carbons (Fsp3) is 0.625. The average Bonchev–Trinajstić information content (AvgIpc) is 3.17. The highest BCUT2D eigenvalue weighted by Crippen LogP contribution is 2.31. The zero-order chi connectivity index (χ0) is 13.1. The number of nitrogens with zero attached hydrogens (tertiary/aromatic N) is 2. The van der Waals surface area contributed by atoms with E-state index in [1.54, 1.807) is 0 Å². The van der Waals surface area contributed by atoms with E-state index in [4.69, 9.17) is 0 Å². The SMILES string of the molecule is OCCN(C1CC1)[C@H]1CCN(Cc2ccccc2)C1. The molecule has 0 unspecified atom stereocenters. The predicted molar refractivity (Wildman–Crippen MR) is 76.9 cm³/mol. The fourth-order valence-electron chi connectivity index (χ4n) is 3.25. The van der Waals surface area contributed by atoms with Crippen molar-refractivity contribution >= 4 is 0 Å². The normalized spacial score (nSPS) is 24.2. The van der Waals surface area contributed by atoms with Crippen molar-refractivity contribution in [2.75, 3.05) is 26.2 Å². The van der Waals surface area contributed by atoms with Crippen LogP contribution in [-0.2, 0) is 6.54 Å². The molecule has 3 rings (SSSR count). The maximum Gasteiger partial charge on any atom is 0.0558 e. The van der Waals surface area contributed by atoms with Gasteiger partial charge in [0, 0.05) is 38.3 Å². The van der Waals surface area contributed by atoms with Crippen LogP contribution in [0.1, 0.15) is 24.8 Å². The minimum Gasteiger partial charge on any atom is -0.395 e. The Hall–Kier alpha value is -0.900. The molecule has 0 radical (unpaired) electrons. The molecule has 0 spiro atoms. The van der Waals surface area contributed by atoms with Crippen molar-refractivity contribution in [2.45, 2.75) is 37.9 Å². The van der Waals surface area contributed by atoms with E-state index in [1.807, 2.05) is 0 Å². The summed E-state index contributed by atoms with van der Waals surface area (Å²) < 4.78 is 0. The minimum atomic E-state index is 0.297. The van der Waals surface area contributed by atoms with E-state index in [0.717, 1.165) is 25.7 Å². The van der Waals surface area contributed by atoms with Crippen molar-refractivity contribution in [2.24, 2.45) is 0 Å². The molecule has 19 heavy (non-hydrogen) atoms. The number of benzene rings is 1. The van der Waals surface area contributed by atoms with Crippen LogP contribution in [0.4, 0.5) is 0 Å². The molecule has 3 nitrogen and oxygen atoms in total. The van der Waals surface area contributed by atoms with Gasteiger partial charge < -0.3 is 5.11 Å². The molecular formula is C16H24N2O. The largest absolute Gasteiger partial charge is 0.395 e.